The zero-order chi connectivity index (χ0) is 17.3. The third kappa shape index (κ3) is 2.99. The number of para-hydroxylation sites is 1. The van der Waals surface area contributed by atoms with Crippen LogP contribution in [0.2, 0.25) is 0 Å². The van der Waals surface area contributed by atoms with Crippen LogP contribution in [0.25, 0.3) is 0 Å². The molecule has 1 aromatic carbocycles. The molecule has 2 N–H and O–H groups in total. The Bertz CT molecular complexity index is 631. The summed E-state index contributed by atoms with van der Waals surface area (Å²) in [5, 5.41) is 12.8. The van der Waals surface area contributed by atoms with Crippen LogP contribution in [0.3, 0.4) is 0 Å². The Balaban J connectivity index is 1.91. The number of fused-ring (bicyclic) bond motifs is 2. The Labute approximate surface area is 143 Å². The summed E-state index contributed by atoms with van der Waals surface area (Å²) in [6.45, 7) is 4.19. The summed E-state index contributed by atoms with van der Waals surface area (Å²) in [4.78, 5) is 25.9. The van der Waals surface area contributed by atoms with Gasteiger partial charge in [-0.15, -0.1) is 0 Å². The molecule has 1 fully saturated rings. The van der Waals surface area contributed by atoms with Gasteiger partial charge in [0.1, 0.15) is 0 Å². The summed E-state index contributed by atoms with van der Waals surface area (Å²) in [6.07, 6.45) is 3.47. The number of anilines is 1. The van der Waals surface area contributed by atoms with E-state index in [4.69, 9.17) is 5.11 Å². The van der Waals surface area contributed by atoms with Gasteiger partial charge < -0.3 is 15.3 Å². The first-order chi connectivity index (χ1) is 11.5. The average molecular weight is 330 g/mol. The van der Waals surface area contributed by atoms with Gasteiger partial charge in [-0.3, -0.25) is 9.59 Å². The van der Waals surface area contributed by atoms with Crippen molar-refractivity contribution in [2.45, 2.75) is 51.6 Å². The van der Waals surface area contributed by atoms with Gasteiger partial charge in [-0.05, 0) is 31.4 Å². The quantitative estimate of drug-likeness (QED) is 0.869. The maximum absolute atomic E-state index is 12.8. The predicted molar refractivity (Wildman–Crippen MR) is 92.7 cm³/mol. The van der Waals surface area contributed by atoms with Crippen LogP contribution in [0.5, 0.6) is 0 Å². The molecule has 1 heterocycles. The molecule has 2 aliphatic rings. The lowest BCUT2D eigenvalue weighted by atomic mass is 9.83. The Morgan fingerprint density at radius 1 is 1.33 bits per heavy atom. The fourth-order valence-electron chi connectivity index (χ4n) is 4.26. The monoisotopic (exact) mass is 330 g/mol. The van der Waals surface area contributed by atoms with Crippen molar-refractivity contribution in [3.63, 3.8) is 0 Å². The van der Waals surface area contributed by atoms with Crippen molar-refractivity contribution in [1.82, 2.24) is 4.90 Å². The van der Waals surface area contributed by atoms with E-state index in [-0.39, 0.29) is 18.4 Å². The molecule has 0 aromatic heterocycles. The number of amides is 1. The van der Waals surface area contributed by atoms with Crippen LogP contribution in [-0.2, 0) is 9.59 Å². The predicted octanol–water partition coefficient (Wildman–Crippen LogP) is 3.28. The molecular weight excluding hydrogens is 304 g/mol. The number of nitrogens with zero attached hydrogens (tertiary/aromatic N) is 1. The van der Waals surface area contributed by atoms with Crippen molar-refractivity contribution in [3.05, 3.63) is 29.8 Å². The lowest BCUT2D eigenvalue weighted by Gasteiger charge is -2.43. The first-order valence-corrected chi connectivity index (χ1v) is 8.90. The van der Waals surface area contributed by atoms with Crippen molar-refractivity contribution in [2.75, 3.05) is 11.9 Å². The number of benzene rings is 1. The number of carbonyl (C=O) groups is 2. The van der Waals surface area contributed by atoms with Gasteiger partial charge in [0.15, 0.2) is 0 Å². The van der Waals surface area contributed by atoms with Crippen LogP contribution in [-0.4, -0.2) is 34.5 Å². The second-order valence-electron chi connectivity index (χ2n) is 7.00. The first-order valence-electron chi connectivity index (χ1n) is 8.90. The molecule has 1 amide bonds. The van der Waals surface area contributed by atoms with Crippen molar-refractivity contribution >= 4 is 17.6 Å². The molecule has 1 aliphatic heterocycles. The molecule has 3 rings (SSSR count). The number of rotatable bonds is 5. The highest BCUT2D eigenvalue weighted by Gasteiger charge is 2.43. The van der Waals surface area contributed by atoms with Gasteiger partial charge in [0, 0.05) is 30.6 Å². The van der Waals surface area contributed by atoms with Gasteiger partial charge in [0.2, 0.25) is 5.91 Å². The van der Waals surface area contributed by atoms with E-state index in [9.17, 15) is 9.59 Å². The highest BCUT2D eigenvalue weighted by Crippen LogP contribution is 2.47. The molecule has 130 valence electrons. The van der Waals surface area contributed by atoms with E-state index in [2.05, 4.69) is 17.4 Å². The van der Waals surface area contributed by atoms with Gasteiger partial charge in [-0.25, -0.2) is 0 Å². The van der Waals surface area contributed by atoms with Crippen LogP contribution in [0, 0.1) is 11.8 Å². The molecule has 0 saturated heterocycles. The molecule has 0 spiro atoms. The summed E-state index contributed by atoms with van der Waals surface area (Å²) >= 11 is 0. The number of carbonyl (C=O) groups excluding carboxylic acids is 1. The molecule has 1 aliphatic carbocycles. The summed E-state index contributed by atoms with van der Waals surface area (Å²) in [6, 6.07) is 8.66. The number of carboxylic acid groups (broad SMARTS) is 1. The molecule has 0 unspecified atom stereocenters. The van der Waals surface area contributed by atoms with Crippen LogP contribution in [0.15, 0.2) is 24.3 Å². The molecule has 5 heteroatoms. The summed E-state index contributed by atoms with van der Waals surface area (Å²) in [5.74, 6) is -1.21. The minimum Gasteiger partial charge on any atom is -0.481 e. The van der Waals surface area contributed by atoms with Gasteiger partial charge >= 0.3 is 5.97 Å². The second kappa shape index (κ2) is 6.83. The topological polar surface area (TPSA) is 69.6 Å². The molecule has 24 heavy (non-hydrogen) atoms. The molecule has 1 aromatic rings. The van der Waals surface area contributed by atoms with Crippen LogP contribution in [0.4, 0.5) is 5.69 Å². The highest BCUT2D eigenvalue weighted by molar-refractivity contribution is 5.82. The lowest BCUT2D eigenvalue weighted by Crippen LogP contribution is -2.45. The Morgan fingerprint density at radius 3 is 2.79 bits per heavy atom. The van der Waals surface area contributed by atoms with Gasteiger partial charge in [0.25, 0.3) is 0 Å². The van der Waals surface area contributed by atoms with E-state index in [0.29, 0.717) is 18.5 Å². The molecule has 4 atom stereocenters. The lowest BCUT2D eigenvalue weighted by molar-refractivity contribution is -0.146. The Hall–Kier alpha value is -2.04. The summed E-state index contributed by atoms with van der Waals surface area (Å²) in [7, 11) is 0. The number of hydrogen-bond donors (Lipinski definition) is 2. The van der Waals surface area contributed by atoms with Gasteiger partial charge in [-0.2, -0.15) is 0 Å². The SMILES string of the molecule is CCN(C(=O)C[C@@H](C)C(=O)O)[C@H]1c2ccccc2N[C@@H]2CCC[C@@H]21. The molecular formula is C19H26N2O3. The maximum Gasteiger partial charge on any atom is 0.306 e. The zero-order valence-corrected chi connectivity index (χ0v) is 14.4. The summed E-state index contributed by atoms with van der Waals surface area (Å²) < 4.78 is 0. The standard InChI is InChI=1S/C19H26N2O3/c1-3-21(17(22)11-12(2)19(23)24)18-13-7-4-5-9-15(13)20-16-10-6-8-14(16)18/h4-5,7,9,12,14,16,18,20H,3,6,8,10-11H2,1-2H3,(H,23,24)/t12-,14+,16-,18+/m1/s1. The third-order valence-corrected chi connectivity index (χ3v) is 5.49. The van der Waals surface area contributed by atoms with E-state index >= 15 is 0 Å². The van der Waals surface area contributed by atoms with E-state index < -0.39 is 11.9 Å². The third-order valence-electron chi connectivity index (χ3n) is 5.49. The van der Waals surface area contributed by atoms with Crippen LogP contribution < -0.4 is 5.32 Å². The number of nitrogens with one attached hydrogen (secondary N) is 1. The minimum atomic E-state index is -0.913. The molecule has 1 saturated carbocycles. The Kier molecular flexibility index (Phi) is 4.78. The van der Waals surface area contributed by atoms with Crippen LogP contribution >= 0.6 is 0 Å². The zero-order valence-electron chi connectivity index (χ0n) is 14.4. The first kappa shape index (κ1) is 16.8. The fourth-order valence-corrected chi connectivity index (χ4v) is 4.26. The summed E-state index contributed by atoms with van der Waals surface area (Å²) in [5.41, 5.74) is 2.28. The van der Waals surface area contributed by atoms with E-state index in [1.807, 2.05) is 24.0 Å². The molecule has 0 bridgehead atoms. The largest absolute Gasteiger partial charge is 0.481 e. The van der Waals surface area contributed by atoms with E-state index in [1.54, 1.807) is 6.92 Å². The van der Waals surface area contributed by atoms with E-state index in [0.717, 1.165) is 18.5 Å². The van der Waals surface area contributed by atoms with Gasteiger partial charge in [-0.1, -0.05) is 31.5 Å². The minimum absolute atomic E-state index is 0.0495. The number of aliphatic carboxylic acids is 1. The second-order valence-corrected chi connectivity index (χ2v) is 7.00. The number of carboxylic acids is 1. The smallest absolute Gasteiger partial charge is 0.306 e. The van der Waals surface area contributed by atoms with Crippen LogP contribution in [0.1, 0.15) is 51.1 Å². The van der Waals surface area contributed by atoms with Gasteiger partial charge in [0.05, 0.1) is 12.0 Å². The highest BCUT2D eigenvalue weighted by atomic mass is 16.4. The van der Waals surface area contributed by atoms with Crippen molar-refractivity contribution in [2.24, 2.45) is 11.8 Å². The van der Waals surface area contributed by atoms with Crippen molar-refractivity contribution in [1.29, 1.82) is 0 Å². The number of hydrogen-bond acceptors (Lipinski definition) is 3. The van der Waals surface area contributed by atoms with Crippen molar-refractivity contribution in [3.8, 4) is 0 Å². The average Bonchev–Trinajstić information content (AvgIpc) is 3.02. The fraction of sp³-hybridized carbons (Fsp3) is 0.579. The normalized spacial score (nSPS) is 26.0. The van der Waals surface area contributed by atoms with E-state index in [1.165, 1.54) is 12.0 Å². The van der Waals surface area contributed by atoms with Crippen molar-refractivity contribution < 1.29 is 14.7 Å². The molecule has 0 radical (unpaired) electrons. The molecule has 5 nitrogen and oxygen atoms in total. The maximum atomic E-state index is 12.8. The Morgan fingerprint density at radius 2 is 2.08 bits per heavy atom.